The van der Waals surface area contributed by atoms with Gasteiger partial charge >= 0.3 is 5.97 Å². The van der Waals surface area contributed by atoms with Gasteiger partial charge in [0.15, 0.2) is 0 Å². The lowest BCUT2D eigenvalue weighted by atomic mass is 10.0. The maximum atomic E-state index is 13.2. The van der Waals surface area contributed by atoms with Gasteiger partial charge in [0.05, 0.1) is 25.2 Å². The van der Waals surface area contributed by atoms with Gasteiger partial charge in [-0.25, -0.2) is 0 Å². The second-order valence-corrected chi connectivity index (χ2v) is 16.3. The molecule has 0 spiro atoms. The van der Waals surface area contributed by atoms with Crippen molar-refractivity contribution in [1.82, 2.24) is 5.32 Å². The molecule has 0 aromatic heterocycles. The van der Waals surface area contributed by atoms with Gasteiger partial charge in [-0.05, 0) is 64.2 Å². The number of ether oxygens (including phenoxy) is 1. The molecule has 0 saturated heterocycles. The maximum Gasteiger partial charge on any atom is 0.306 e. The third-order valence-corrected chi connectivity index (χ3v) is 10.6. The normalized spacial score (nSPS) is 14.2. The fourth-order valence-electron chi connectivity index (χ4n) is 6.82. The quantitative estimate of drug-likeness (QED) is 0.0323. The highest BCUT2D eigenvalue weighted by atomic mass is 16.5. The highest BCUT2D eigenvalue weighted by Gasteiger charge is 2.24. The van der Waals surface area contributed by atoms with Crippen LogP contribution in [0.25, 0.3) is 0 Å². The van der Waals surface area contributed by atoms with Gasteiger partial charge in [-0.15, -0.1) is 0 Å². The smallest absolute Gasteiger partial charge is 0.306 e. The summed E-state index contributed by atoms with van der Waals surface area (Å²) >= 11 is 0. The van der Waals surface area contributed by atoms with Gasteiger partial charge in [-0.2, -0.15) is 0 Å². The molecule has 6 nitrogen and oxygen atoms in total. The second kappa shape index (κ2) is 47.6. The van der Waals surface area contributed by atoms with Crippen molar-refractivity contribution < 1.29 is 24.5 Å². The van der Waals surface area contributed by atoms with Crippen molar-refractivity contribution in [2.45, 2.75) is 219 Å². The molecule has 6 heteroatoms. The van der Waals surface area contributed by atoms with E-state index in [9.17, 15) is 19.8 Å². The molecule has 61 heavy (non-hydrogen) atoms. The summed E-state index contributed by atoms with van der Waals surface area (Å²) in [7, 11) is 0. The maximum absolute atomic E-state index is 13.2. The molecular weight excluding hydrogens is 755 g/mol. The van der Waals surface area contributed by atoms with Crippen LogP contribution in [0.2, 0.25) is 0 Å². The van der Waals surface area contributed by atoms with E-state index in [2.05, 4.69) is 86.8 Å². The van der Waals surface area contributed by atoms with Crippen LogP contribution in [0.15, 0.2) is 109 Å². The lowest BCUT2D eigenvalue weighted by molar-refractivity contribution is -0.151. The van der Waals surface area contributed by atoms with E-state index in [4.69, 9.17) is 4.74 Å². The molecular formula is C55H91NO5. The average molecular weight is 846 g/mol. The molecule has 0 aliphatic rings. The minimum Gasteiger partial charge on any atom is -0.462 e. The molecule has 3 N–H and O–H groups in total. The highest BCUT2D eigenvalue weighted by Crippen LogP contribution is 2.16. The molecule has 0 rings (SSSR count). The Morgan fingerprint density at radius 3 is 1.41 bits per heavy atom. The summed E-state index contributed by atoms with van der Waals surface area (Å²) in [5, 5.41) is 23.7. The molecule has 0 bridgehead atoms. The van der Waals surface area contributed by atoms with E-state index in [1.807, 2.05) is 48.6 Å². The topological polar surface area (TPSA) is 95.9 Å². The third kappa shape index (κ3) is 43.0. The number of rotatable bonds is 42. The Labute approximate surface area is 375 Å². The third-order valence-electron chi connectivity index (χ3n) is 10.6. The number of aliphatic hydroxyl groups is 2. The fourth-order valence-corrected chi connectivity index (χ4v) is 6.82. The van der Waals surface area contributed by atoms with E-state index in [0.717, 1.165) is 83.5 Å². The molecule has 0 fully saturated rings. The minimum absolute atomic E-state index is 0.0119. The van der Waals surface area contributed by atoms with Crippen molar-refractivity contribution in [3.63, 3.8) is 0 Å². The van der Waals surface area contributed by atoms with Crippen molar-refractivity contribution in [3.05, 3.63) is 109 Å². The van der Waals surface area contributed by atoms with Crippen LogP contribution in [-0.4, -0.2) is 46.9 Å². The molecule has 0 aromatic carbocycles. The molecule has 346 valence electrons. The predicted molar refractivity (Wildman–Crippen MR) is 263 cm³/mol. The van der Waals surface area contributed by atoms with Crippen molar-refractivity contribution in [1.29, 1.82) is 0 Å². The van der Waals surface area contributed by atoms with E-state index < -0.39 is 18.2 Å². The van der Waals surface area contributed by atoms with E-state index in [1.54, 1.807) is 0 Å². The van der Waals surface area contributed by atoms with Gasteiger partial charge in [-0.3, -0.25) is 9.59 Å². The Morgan fingerprint density at radius 2 is 0.902 bits per heavy atom. The van der Waals surface area contributed by atoms with Crippen molar-refractivity contribution in [2.24, 2.45) is 0 Å². The Bertz CT molecular complexity index is 1270. The zero-order valence-corrected chi connectivity index (χ0v) is 39.2. The summed E-state index contributed by atoms with van der Waals surface area (Å²) < 4.78 is 5.87. The second-order valence-electron chi connectivity index (χ2n) is 16.3. The summed E-state index contributed by atoms with van der Waals surface area (Å²) in [4.78, 5) is 26.1. The Kier molecular flexibility index (Phi) is 44.9. The number of unbranched alkanes of at least 4 members (excludes halogenated alkanes) is 19. The van der Waals surface area contributed by atoms with Crippen molar-refractivity contribution in [2.75, 3.05) is 6.61 Å². The first-order chi connectivity index (χ1) is 30.0. The summed E-state index contributed by atoms with van der Waals surface area (Å²) in [5.41, 5.74) is 0. The average Bonchev–Trinajstić information content (AvgIpc) is 3.25. The highest BCUT2D eigenvalue weighted by molar-refractivity contribution is 5.77. The summed E-state index contributed by atoms with van der Waals surface area (Å²) in [5.74, 6) is -0.584. The van der Waals surface area contributed by atoms with Gasteiger partial charge in [0.25, 0.3) is 0 Å². The molecule has 1 amide bonds. The molecule has 0 radical (unpaired) electrons. The standard InChI is InChI=1S/C55H91NO5/c1-4-7-10-13-16-19-22-24-25-26-27-28-30-33-36-39-42-45-48-55(60)61-51(46-43-40-37-34-32-29-23-20-17-14-11-8-5-2)49-54(59)56-52(50-57)53(58)47-44-41-38-35-31-21-18-15-12-9-6-3/h8,11,14,16-17,19-20,22-29,32,34,37,51-53,57-58H,4-7,9-10,12-13,15,18,21,30-31,33,35-36,38-50H2,1-3H3,(H,56,59)/b11-8+,17-14+,19-16+,23-20-,24-22+,26-25+,28-27+,32-29-,37-34+. The Morgan fingerprint density at radius 1 is 0.492 bits per heavy atom. The first-order valence-electron chi connectivity index (χ1n) is 24.7. The van der Waals surface area contributed by atoms with E-state index in [0.29, 0.717) is 19.3 Å². The zero-order valence-electron chi connectivity index (χ0n) is 39.2. The van der Waals surface area contributed by atoms with Gasteiger partial charge in [0.2, 0.25) is 5.91 Å². The van der Waals surface area contributed by atoms with Gasteiger partial charge in [0.1, 0.15) is 6.10 Å². The number of nitrogens with one attached hydrogen (secondary N) is 1. The van der Waals surface area contributed by atoms with Crippen molar-refractivity contribution >= 4 is 11.9 Å². The van der Waals surface area contributed by atoms with Crippen LogP contribution >= 0.6 is 0 Å². The largest absolute Gasteiger partial charge is 0.462 e. The van der Waals surface area contributed by atoms with Crippen LogP contribution in [-0.2, 0) is 14.3 Å². The number of hydrogen-bond acceptors (Lipinski definition) is 5. The van der Waals surface area contributed by atoms with Gasteiger partial charge < -0.3 is 20.3 Å². The fraction of sp³-hybridized carbons (Fsp3) is 0.636. The number of esters is 1. The molecule has 0 aliphatic carbocycles. The number of hydrogen-bond donors (Lipinski definition) is 3. The van der Waals surface area contributed by atoms with Crippen LogP contribution < -0.4 is 5.32 Å². The predicted octanol–water partition coefficient (Wildman–Crippen LogP) is 14.7. The molecule has 3 unspecified atom stereocenters. The van der Waals surface area contributed by atoms with E-state index >= 15 is 0 Å². The number of carbonyl (C=O) groups is 2. The summed E-state index contributed by atoms with van der Waals surface area (Å²) in [6, 6.07) is -0.736. The minimum atomic E-state index is -0.817. The van der Waals surface area contributed by atoms with Crippen LogP contribution in [0.4, 0.5) is 0 Å². The number of allylic oxidation sites excluding steroid dienone is 18. The first kappa shape index (κ1) is 57.5. The van der Waals surface area contributed by atoms with Crippen LogP contribution in [0, 0.1) is 0 Å². The lowest BCUT2D eigenvalue weighted by Crippen LogP contribution is -2.46. The Balaban J connectivity index is 4.76. The van der Waals surface area contributed by atoms with E-state index in [-0.39, 0.29) is 24.9 Å². The van der Waals surface area contributed by atoms with Gasteiger partial charge in [0, 0.05) is 6.42 Å². The SMILES string of the molecule is CC/C=C/C=C/C=C\C=C/C=C/CCCC(CC(=O)NC(CO)C(O)CCCCCCCCCCCCC)OC(=O)CCCCCCC/C=C/C=C/C=C/C=C/CCCCC. The monoisotopic (exact) mass is 846 g/mol. The lowest BCUT2D eigenvalue weighted by Gasteiger charge is -2.24. The van der Waals surface area contributed by atoms with Crippen molar-refractivity contribution in [3.8, 4) is 0 Å². The van der Waals surface area contributed by atoms with Gasteiger partial charge in [-0.1, -0.05) is 233 Å². The Hall–Kier alpha value is -3.48. The molecule has 3 atom stereocenters. The molecule has 0 aliphatic heterocycles. The molecule has 0 saturated carbocycles. The van der Waals surface area contributed by atoms with E-state index in [1.165, 1.54) is 70.6 Å². The van der Waals surface area contributed by atoms with Crippen LogP contribution in [0.3, 0.4) is 0 Å². The zero-order chi connectivity index (χ0) is 44.5. The first-order valence-corrected chi connectivity index (χ1v) is 24.7. The number of aliphatic hydroxyl groups excluding tert-OH is 2. The summed E-state index contributed by atoms with van der Waals surface area (Å²) in [6.45, 7) is 6.25. The van der Waals surface area contributed by atoms with Crippen LogP contribution in [0.5, 0.6) is 0 Å². The van der Waals surface area contributed by atoms with Crippen LogP contribution in [0.1, 0.15) is 201 Å². The number of carbonyl (C=O) groups excluding carboxylic acids is 2. The molecule has 0 aromatic rings. The summed E-state index contributed by atoms with van der Waals surface area (Å²) in [6.07, 6.45) is 64.3. The molecule has 0 heterocycles. The number of amides is 1.